The minimum atomic E-state index is 0.221. The average molecular weight is 288 g/mol. The van der Waals surface area contributed by atoms with E-state index in [9.17, 15) is 0 Å². The van der Waals surface area contributed by atoms with Crippen molar-refractivity contribution >= 4 is 0 Å². The fourth-order valence-electron chi connectivity index (χ4n) is 3.47. The minimum absolute atomic E-state index is 0.221. The average Bonchev–Trinajstić information content (AvgIpc) is 2.97. The molecule has 2 saturated heterocycles. The zero-order valence-electron chi connectivity index (χ0n) is 13.3. The predicted octanol–water partition coefficient (Wildman–Crippen LogP) is 2.46. The van der Waals surface area contributed by atoms with Crippen LogP contribution < -0.4 is 5.32 Å². The molecule has 3 nitrogen and oxygen atoms in total. The maximum atomic E-state index is 5.84. The third-order valence-electron chi connectivity index (χ3n) is 4.89. The van der Waals surface area contributed by atoms with Crippen LogP contribution in [0.15, 0.2) is 30.3 Å². The summed E-state index contributed by atoms with van der Waals surface area (Å²) in [5.74, 6) is 0. The highest BCUT2D eigenvalue weighted by Gasteiger charge is 2.35. The molecule has 2 fully saturated rings. The van der Waals surface area contributed by atoms with E-state index in [1.54, 1.807) is 0 Å². The first-order chi connectivity index (χ1) is 10.1. The summed E-state index contributed by atoms with van der Waals surface area (Å²) in [5, 5.41) is 3.73. The van der Waals surface area contributed by atoms with Gasteiger partial charge in [-0.05, 0) is 38.7 Å². The van der Waals surface area contributed by atoms with Gasteiger partial charge in [-0.15, -0.1) is 0 Å². The summed E-state index contributed by atoms with van der Waals surface area (Å²) >= 11 is 0. The van der Waals surface area contributed by atoms with Gasteiger partial charge in [0, 0.05) is 37.8 Å². The van der Waals surface area contributed by atoms with Crippen LogP contribution in [0.4, 0.5) is 0 Å². The van der Waals surface area contributed by atoms with Crippen LogP contribution in [0.3, 0.4) is 0 Å². The SMILES string of the molecule is CC1(C)CNC(Cc2ccccc2)CN1CC1CCCO1. The monoisotopic (exact) mass is 288 g/mol. The Balaban J connectivity index is 1.60. The molecule has 0 saturated carbocycles. The molecule has 116 valence electrons. The standard InChI is InChI=1S/C18H28N2O/c1-18(2)14-19-16(11-15-7-4-3-5-8-15)12-20(18)13-17-9-6-10-21-17/h3-5,7-8,16-17,19H,6,9-14H2,1-2H3. The van der Waals surface area contributed by atoms with E-state index in [1.165, 1.54) is 18.4 Å². The zero-order chi connectivity index (χ0) is 14.7. The Bertz CT molecular complexity index is 440. The van der Waals surface area contributed by atoms with Crippen molar-refractivity contribution in [2.75, 3.05) is 26.2 Å². The fraction of sp³-hybridized carbons (Fsp3) is 0.667. The van der Waals surface area contributed by atoms with Crippen molar-refractivity contribution in [2.45, 2.75) is 50.8 Å². The van der Waals surface area contributed by atoms with Crippen LogP contribution >= 0.6 is 0 Å². The second-order valence-corrected chi connectivity index (χ2v) is 7.12. The second kappa shape index (κ2) is 6.47. The smallest absolute Gasteiger partial charge is 0.0703 e. The Labute approximate surface area is 128 Å². The topological polar surface area (TPSA) is 24.5 Å². The van der Waals surface area contributed by atoms with Crippen LogP contribution in [0.25, 0.3) is 0 Å². The molecule has 0 amide bonds. The van der Waals surface area contributed by atoms with Gasteiger partial charge in [0.25, 0.3) is 0 Å². The number of hydrogen-bond donors (Lipinski definition) is 1. The molecule has 21 heavy (non-hydrogen) atoms. The maximum Gasteiger partial charge on any atom is 0.0703 e. The number of rotatable bonds is 4. The van der Waals surface area contributed by atoms with E-state index >= 15 is 0 Å². The lowest BCUT2D eigenvalue weighted by molar-refractivity contribution is 0.00788. The minimum Gasteiger partial charge on any atom is -0.377 e. The van der Waals surface area contributed by atoms with Gasteiger partial charge in [0.05, 0.1) is 6.10 Å². The number of benzene rings is 1. The molecule has 1 aromatic carbocycles. The summed E-state index contributed by atoms with van der Waals surface area (Å²) in [6.07, 6.45) is 4.01. The number of nitrogens with one attached hydrogen (secondary N) is 1. The fourth-order valence-corrected chi connectivity index (χ4v) is 3.47. The highest BCUT2D eigenvalue weighted by molar-refractivity contribution is 5.16. The van der Waals surface area contributed by atoms with Crippen molar-refractivity contribution in [3.05, 3.63) is 35.9 Å². The lowest BCUT2D eigenvalue weighted by atomic mass is 9.94. The maximum absolute atomic E-state index is 5.84. The normalized spacial score (nSPS) is 29.6. The summed E-state index contributed by atoms with van der Waals surface area (Å²) in [6, 6.07) is 11.3. The number of nitrogens with zero attached hydrogens (tertiary/aromatic N) is 1. The first kappa shape index (κ1) is 15.0. The first-order valence-electron chi connectivity index (χ1n) is 8.27. The molecule has 0 radical (unpaired) electrons. The van der Waals surface area contributed by atoms with Crippen molar-refractivity contribution in [2.24, 2.45) is 0 Å². The summed E-state index contributed by atoms with van der Waals surface area (Å²) in [4.78, 5) is 2.63. The van der Waals surface area contributed by atoms with E-state index in [0.717, 1.165) is 32.7 Å². The molecule has 0 aromatic heterocycles. The number of piperazine rings is 1. The van der Waals surface area contributed by atoms with Crippen LogP contribution in [0.1, 0.15) is 32.3 Å². The van der Waals surface area contributed by atoms with Crippen LogP contribution in [0.5, 0.6) is 0 Å². The van der Waals surface area contributed by atoms with E-state index in [1.807, 2.05) is 0 Å². The van der Waals surface area contributed by atoms with Crippen molar-refractivity contribution in [1.82, 2.24) is 10.2 Å². The summed E-state index contributed by atoms with van der Waals surface area (Å²) < 4.78 is 5.84. The quantitative estimate of drug-likeness (QED) is 0.921. The van der Waals surface area contributed by atoms with Crippen LogP contribution in [0, 0.1) is 0 Å². The van der Waals surface area contributed by atoms with Crippen molar-refractivity contribution in [3.8, 4) is 0 Å². The summed E-state index contributed by atoms with van der Waals surface area (Å²) in [7, 11) is 0. The molecule has 1 N–H and O–H groups in total. The van der Waals surface area contributed by atoms with Crippen molar-refractivity contribution < 1.29 is 4.74 Å². The van der Waals surface area contributed by atoms with E-state index in [2.05, 4.69) is 54.4 Å². The van der Waals surface area contributed by atoms with E-state index in [4.69, 9.17) is 4.74 Å². The van der Waals surface area contributed by atoms with Crippen LogP contribution in [0.2, 0.25) is 0 Å². The molecular formula is C18H28N2O. The molecule has 2 heterocycles. The molecule has 3 heteroatoms. The van der Waals surface area contributed by atoms with Gasteiger partial charge in [0.2, 0.25) is 0 Å². The Kier molecular flexibility index (Phi) is 4.63. The molecule has 2 aliphatic heterocycles. The Morgan fingerprint density at radius 2 is 2.10 bits per heavy atom. The highest BCUT2D eigenvalue weighted by atomic mass is 16.5. The van der Waals surface area contributed by atoms with Gasteiger partial charge in [-0.2, -0.15) is 0 Å². The number of hydrogen-bond acceptors (Lipinski definition) is 3. The van der Waals surface area contributed by atoms with Gasteiger partial charge in [-0.1, -0.05) is 30.3 Å². The number of ether oxygens (including phenoxy) is 1. The van der Waals surface area contributed by atoms with Crippen LogP contribution in [-0.4, -0.2) is 48.8 Å². The molecule has 0 spiro atoms. The molecule has 0 bridgehead atoms. The summed E-state index contributed by atoms with van der Waals surface area (Å²) in [6.45, 7) is 8.88. The van der Waals surface area contributed by atoms with Gasteiger partial charge in [0.1, 0.15) is 0 Å². The molecule has 2 aliphatic rings. The van der Waals surface area contributed by atoms with E-state index in [-0.39, 0.29) is 5.54 Å². The van der Waals surface area contributed by atoms with Gasteiger partial charge < -0.3 is 10.1 Å². The summed E-state index contributed by atoms with van der Waals surface area (Å²) in [5.41, 5.74) is 1.64. The molecule has 2 atom stereocenters. The Morgan fingerprint density at radius 1 is 1.29 bits per heavy atom. The van der Waals surface area contributed by atoms with Gasteiger partial charge in [-0.3, -0.25) is 4.90 Å². The Hall–Kier alpha value is -0.900. The Morgan fingerprint density at radius 3 is 2.81 bits per heavy atom. The van der Waals surface area contributed by atoms with E-state index < -0.39 is 0 Å². The lowest BCUT2D eigenvalue weighted by Gasteiger charge is -2.47. The largest absolute Gasteiger partial charge is 0.377 e. The molecular weight excluding hydrogens is 260 g/mol. The van der Waals surface area contributed by atoms with Gasteiger partial charge >= 0.3 is 0 Å². The van der Waals surface area contributed by atoms with Gasteiger partial charge in [0.15, 0.2) is 0 Å². The second-order valence-electron chi connectivity index (χ2n) is 7.12. The lowest BCUT2D eigenvalue weighted by Crippen LogP contribution is -2.63. The predicted molar refractivity (Wildman–Crippen MR) is 86.6 cm³/mol. The third kappa shape index (κ3) is 3.85. The van der Waals surface area contributed by atoms with Crippen molar-refractivity contribution in [3.63, 3.8) is 0 Å². The van der Waals surface area contributed by atoms with E-state index in [0.29, 0.717) is 12.1 Å². The molecule has 0 aliphatic carbocycles. The third-order valence-corrected chi connectivity index (χ3v) is 4.89. The van der Waals surface area contributed by atoms with Crippen LogP contribution in [-0.2, 0) is 11.2 Å². The molecule has 2 unspecified atom stereocenters. The van der Waals surface area contributed by atoms with Crippen molar-refractivity contribution in [1.29, 1.82) is 0 Å². The molecule has 3 rings (SSSR count). The first-order valence-corrected chi connectivity index (χ1v) is 8.27. The van der Waals surface area contributed by atoms with Gasteiger partial charge in [-0.25, -0.2) is 0 Å². The highest BCUT2D eigenvalue weighted by Crippen LogP contribution is 2.23. The molecule has 1 aromatic rings. The zero-order valence-corrected chi connectivity index (χ0v) is 13.3.